The number of nitrogens with one attached hydrogen (secondary N) is 1. The Morgan fingerprint density at radius 1 is 1.24 bits per heavy atom. The number of piperazine rings is 1. The lowest BCUT2D eigenvalue weighted by molar-refractivity contribution is -0.144. The predicted octanol–water partition coefficient (Wildman–Crippen LogP) is 1.85. The van der Waals surface area contributed by atoms with Crippen LogP contribution in [0.5, 0.6) is 0 Å². The van der Waals surface area contributed by atoms with Gasteiger partial charge in [-0.05, 0) is 51.7 Å². The Kier molecular flexibility index (Phi) is 4.85. The van der Waals surface area contributed by atoms with Gasteiger partial charge < -0.3 is 15.1 Å². The van der Waals surface area contributed by atoms with Crippen molar-refractivity contribution >= 4 is 5.91 Å². The van der Waals surface area contributed by atoms with Crippen LogP contribution < -0.4 is 5.32 Å². The van der Waals surface area contributed by atoms with E-state index >= 15 is 0 Å². The van der Waals surface area contributed by atoms with E-state index in [4.69, 9.17) is 0 Å². The third kappa shape index (κ3) is 3.42. The van der Waals surface area contributed by atoms with Gasteiger partial charge in [0.1, 0.15) is 0 Å². The van der Waals surface area contributed by atoms with Crippen LogP contribution in [0.2, 0.25) is 0 Å². The summed E-state index contributed by atoms with van der Waals surface area (Å²) >= 11 is 0. The zero-order valence-corrected chi connectivity index (χ0v) is 13.6. The number of hydrogen-bond donors (Lipinski definition) is 1. The molecule has 3 rings (SSSR count). The van der Waals surface area contributed by atoms with Gasteiger partial charge in [0.05, 0.1) is 5.54 Å². The minimum atomic E-state index is 0.163. The highest BCUT2D eigenvalue weighted by molar-refractivity contribution is 5.77. The molecule has 1 N–H and O–H groups in total. The summed E-state index contributed by atoms with van der Waals surface area (Å²) < 4.78 is 0. The maximum atomic E-state index is 12.8. The van der Waals surface area contributed by atoms with Gasteiger partial charge in [-0.3, -0.25) is 4.79 Å². The Hall–Kier alpha value is -0.610. The fraction of sp³-hybridized carbons (Fsp3) is 0.941. The molecule has 2 aliphatic heterocycles. The van der Waals surface area contributed by atoms with Crippen LogP contribution in [-0.4, -0.2) is 61.0 Å². The molecule has 0 bridgehead atoms. The zero-order valence-electron chi connectivity index (χ0n) is 13.6. The van der Waals surface area contributed by atoms with E-state index in [1.165, 1.54) is 38.5 Å². The summed E-state index contributed by atoms with van der Waals surface area (Å²) in [5.41, 5.74) is 0.163. The second kappa shape index (κ2) is 6.66. The summed E-state index contributed by atoms with van der Waals surface area (Å²) in [5.74, 6) is 1.15. The summed E-state index contributed by atoms with van der Waals surface area (Å²) in [6.45, 7) is 5.32. The quantitative estimate of drug-likeness (QED) is 0.862. The highest BCUT2D eigenvalue weighted by Gasteiger charge is 2.43. The monoisotopic (exact) mass is 293 g/mol. The Bertz CT molecular complexity index is 359. The molecule has 0 aromatic rings. The summed E-state index contributed by atoms with van der Waals surface area (Å²) in [6, 6.07) is 0. The maximum absolute atomic E-state index is 12.8. The van der Waals surface area contributed by atoms with Crippen molar-refractivity contribution in [1.82, 2.24) is 15.1 Å². The van der Waals surface area contributed by atoms with Crippen molar-refractivity contribution < 1.29 is 4.79 Å². The van der Waals surface area contributed by atoms with Crippen LogP contribution in [0.4, 0.5) is 0 Å². The average molecular weight is 293 g/mol. The lowest BCUT2D eigenvalue weighted by Gasteiger charge is -2.52. The number of likely N-dealkylation sites (N-methyl/N-ethyl adjacent to an activating group) is 1. The maximum Gasteiger partial charge on any atom is 0.223 e. The largest absolute Gasteiger partial charge is 0.334 e. The van der Waals surface area contributed by atoms with Crippen molar-refractivity contribution in [1.29, 1.82) is 0 Å². The number of rotatable bonds is 3. The van der Waals surface area contributed by atoms with Crippen LogP contribution in [0.15, 0.2) is 0 Å². The van der Waals surface area contributed by atoms with E-state index in [9.17, 15) is 4.79 Å². The number of carbonyl (C=O) groups excluding carboxylic acids is 1. The van der Waals surface area contributed by atoms with Gasteiger partial charge in [-0.15, -0.1) is 0 Å². The van der Waals surface area contributed by atoms with Crippen molar-refractivity contribution in [3.05, 3.63) is 0 Å². The highest BCUT2D eigenvalue weighted by Crippen LogP contribution is 2.37. The molecular weight excluding hydrogens is 262 g/mol. The lowest BCUT2D eigenvalue weighted by atomic mass is 9.78. The fourth-order valence-corrected chi connectivity index (χ4v) is 4.63. The second-order valence-corrected chi connectivity index (χ2v) is 7.47. The fourth-order valence-electron chi connectivity index (χ4n) is 4.63. The summed E-state index contributed by atoms with van der Waals surface area (Å²) in [7, 11) is 2.21. The molecule has 3 aliphatic rings. The molecule has 0 radical (unpaired) electrons. The van der Waals surface area contributed by atoms with Crippen molar-refractivity contribution in [2.75, 3.05) is 39.8 Å². The number of carbonyl (C=O) groups is 1. The van der Waals surface area contributed by atoms with Crippen molar-refractivity contribution in [3.8, 4) is 0 Å². The summed E-state index contributed by atoms with van der Waals surface area (Å²) in [5, 5.41) is 3.41. The molecule has 0 aromatic heterocycles. The standard InChI is InChI=1S/C17H31N3O/c1-19-11-12-20(17(14-19)8-3-2-4-9-17)16(21)6-5-15-7-10-18-13-15/h15,18H,2-14H2,1H3. The van der Waals surface area contributed by atoms with E-state index in [1.54, 1.807) is 0 Å². The van der Waals surface area contributed by atoms with Crippen molar-refractivity contribution in [3.63, 3.8) is 0 Å². The second-order valence-electron chi connectivity index (χ2n) is 7.47. The highest BCUT2D eigenvalue weighted by atomic mass is 16.2. The molecule has 4 heteroatoms. The van der Waals surface area contributed by atoms with E-state index < -0.39 is 0 Å². The molecule has 1 spiro atoms. The smallest absolute Gasteiger partial charge is 0.223 e. The van der Waals surface area contributed by atoms with Crippen LogP contribution in [0.25, 0.3) is 0 Å². The van der Waals surface area contributed by atoms with Crippen molar-refractivity contribution in [2.45, 2.75) is 56.9 Å². The van der Waals surface area contributed by atoms with Gasteiger partial charge in [0.25, 0.3) is 0 Å². The first-order chi connectivity index (χ1) is 10.2. The molecule has 1 amide bonds. The normalized spacial score (nSPS) is 30.0. The first-order valence-corrected chi connectivity index (χ1v) is 8.89. The average Bonchev–Trinajstić information content (AvgIpc) is 2.99. The third-order valence-electron chi connectivity index (χ3n) is 5.86. The van der Waals surface area contributed by atoms with Crippen LogP contribution in [0, 0.1) is 5.92 Å². The molecule has 120 valence electrons. The Labute approximate surface area is 129 Å². The first kappa shape index (κ1) is 15.3. The van der Waals surface area contributed by atoms with Crippen LogP contribution in [-0.2, 0) is 4.79 Å². The van der Waals surface area contributed by atoms with E-state index in [0.29, 0.717) is 5.91 Å². The van der Waals surface area contributed by atoms with E-state index in [0.717, 1.165) is 51.5 Å². The molecular formula is C17H31N3O. The van der Waals surface area contributed by atoms with Gasteiger partial charge in [0.15, 0.2) is 0 Å². The van der Waals surface area contributed by atoms with Gasteiger partial charge in [-0.25, -0.2) is 0 Å². The molecule has 4 nitrogen and oxygen atoms in total. The molecule has 1 aliphatic carbocycles. The number of hydrogen-bond acceptors (Lipinski definition) is 3. The molecule has 2 saturated heterocycles. The van der Waals surface area contributed by atoms with Gasteiger partial charge in [0, 0.05) is 26.1 Å². The first-order valence-electron chi connectivity index (χ1n) is 8.89. The van der Waals surface area contributed by atoms with Gasteiger partial charge in [-0.2, -0.15) is 0 Å². The molecule has 1 saturated carbocycles. The Morgan fingerprint density at radius 3 is 2.76 bits per heavy atom. The van der Waals surface area contributed by atoms with E-state index in [-0.39, 0.29) is 5.54 Å². The summed E-state index contributed by atoms with van der Waals surface area (Å²) in [6.07, 6.45) is 9.46. The van der Waals surface area contributed by atoms with Crippen LogP contribution in [0.3, 0.4) is 0 Å². The lowest BCUT2D eigenvalue weighted by Crippen LogP contribution is -2.63. The van der Waals surface area contributed by atoms with Gasteiger partial charge >= 0.3 is 0 Å². The van der Waals surface area contributed by atoms with Gasteiger partial charge in [-0.1, -0.05) is 19.3 Å². The minimum absolute atomic E-state index is 0.163. The SMILES string of the molecule is CN1CCN(C(=O)CCC2CCNC2)C2(CCCCC2)C1. The molecule has 0 aromatic carbocycles. The van der Waals surface area contributed by atoms with Crippen LogP contribution >= 0.6 is 0 Å². The predicted molar refractivity (Wildman–Crippen MR) is 85.2 cm³/mol. The number of amides is 1. The Balaban J connectivity index is 1.61. The molecule has 1 unspecified atom stereocenters. The topological polar surface area (TPSA) is 35.6 Å². The summed E-state index contributed by atoms with van der Waals surface area (Å²) in [4.78, 5) is 17.5. The van der Waals surface area contributed by atoms with Crippen molar-refractivity contribution in [2.24, 2.45) is 5.92 Å². The van der Waals surface area contributed by atoms with Gasteiger partial charge in [0.2, 0.25) is 5.91 Å². The van der Waals surface area contributed by atoms with E-state index in [1.807, 2.05) is 0 Å². The van der Waals surface area contributed by atoms with Crippen LogP contribution in [0.1, 0.15) is 51.4 Å². The Morgan fingerprint density at radius 2 is 2.05 bits per heavy atom. The molecule has 2 heterocycles. The third-order valence-corrected chi connectivity index (χ3v) is 5.86. The van der Waals surface area contributed by atoms with E-state index in [2.05, 4.69) is 22.2 Å². The zero-order chi connectivity index (χ0) is 14.7. The molecule has 1 atom stereocenters. The molecule has 21 heavy (non-hydrogen) atoms. The number of nitrogens with zero attached hydrogens (tertiary/aromatic N) is 2. The molecule has 3 fully saturated rings. The minimum Gasteiger partial charge on any atom is -0.334 e.